The summed E-state index contributed by atoms with van der Waals surface area (Å²) < 4.78 is 54.9. The van der Waals surface area contributed by atoms with Crippen LogP contribution in [0.3, 0.4) is 0 Å². The van der Waals surface area contributed by atoms with Crippen LogP contribution in [0.4, 0.5) is 0 Å². The van der Waals surface area contributed by atoms with E-state index in [4.69, 9.17) is 0 Å². The fraction of sp³-hybridized carbons (Fsp3) is 0.333. The molecular formula is C15H17BrN2O4S3. The van der Waals surface area contributed by atoms with E-state index in [9.17, 15) is 16.8 Å². The first-order valence-electron chi connectivity index (χ1n) is 7.61. The molecule has 0 unspecified atom stereocenters. The Morgan fingerprint density at radius 2 is 1.72 bits per heavy atom. The second-order valence-electron chi connectivity index (χ2n) is 5.66. The number of nitrogens with zero attached hydrogens (tertiary/aromatic N) is 1. The summed E-state index contributed by atoms with van der Waals surface area (Å²) in [6.45, 7) is 0.558. The average Bonchev–Trinajstić information content (AvgIpc) is 3.11. The van der Waals surface area contributed by atoms with Crippen molar-refractivity contribution >= 4 is 47.3 Å². The lowest BCUT2D eigenvalue weighted by atomic mass is 10.1. The summed E-state index contributed by atoms with van der Waals surface area (Å²) in [5, 5.41) is 1.71. The summed E-state index contributed by atoms with van der Waals surface area (Å²) in [6, 6.07) is 9.66. The van der Waals surface area contributed by atoms with Gasteiger partial charge in [0.2, 0.25) is 20.0 Å². The molecule has 2 aromatic rings. The number of nitrogens with one attached hydrogen (secondary N) is 1. The maximum Gasteiger partial charge on any atom is 0.250 e. The third-order valence-electron chi connectivity index (χ3n) is 3.99. The number of rotatable bonds is 5. The fourth-order valence-electron chi connectivity index (χ4n) is 2.70. The van der Waals surface area contributed by atoms with Gasteiger partial charge >= 0.3 is 0 Å². The number of halogens is 1. The third kappa shape index (κ3) is 4.15. The molecule has 6 nitrogen and oxygen atoms in total. The molecule has 1 aromatic heterocycles. The highest BCUT2D eigenvalue weighted by atomic mass is 79.9. The van der Waals surface area contributed by atoms with Crippen LogP contribution < -0.4 is 4.72 Å². The molecule has 1 aliphatic rings. The van der Waals surface area contributed by atoms with Crippen molar-refractivity contribution in [2.75, 3.05) is 13.1 Å². The summed E-state index contributed by atoms with van der Waals surface area (Å²) >= 11 is 4.44. The maximum absolute atomic E-state index is 12.7. The van der Waals surface area contributed by atoms with Crippen LogP contribution in [0.1, 0.15) is 12.8 Å². The lowest BCUT2D eigenvalue weighted by molar-refractivity contribution is 0.308. The number of sulfonamides is 2. The number of piperidine rings is 1. The summed E-state index contributed by atoms with van der Waals surface area (Å²) in [5.41, 5.74) is 0. The Labute approximate surface area is 160 Å². The second-order valence-corrected chi connectivity index (χ2v) is 11.3. The molecular weight excluding hydrogens is 448 g/mol. The van der Waals surface area contributed by atoms with Gasteiger partial charge in [0.1, 0.15) is 4.21 Å². The molecule has 1 aliphatic heterocycles. The minimum Gasteiger partial charge on any atom is -0.207 e. The van der Waals surface area contributed by atoms with Gasteiger partial charge in [-0.1, -0.05) is 18.2 Å². The van der Waals surface area contributed by atoms with Crippen LogP contribution in [0, 0.1) is 0 Å². The van der Waals surface area contributed by atoms with Crippen molar-refractivity contribution in [3.05, 3.63) is 46.3 Å². The Balaban J connectivity index is 1.67. The lowest BCUT2D eigenvalue weighted by Crippen LogP contribution is -2.46. The number of thiophene rings is 1. The van der Waals surface area contributed by atoms with Crippen molar-refractivity contribution < 1.29 is 16.8 Å². The van der Waals surface area contributed by atoms with E-state index in [0.717, 1.165) is 11.3 Å². The Hall–Kier alpha value is -0.780. The monoisotopic (exact) mass is 464 g/mol. The van der Waals surface area contributed by atoms with Gasteiger partial charge in [0.15, 0.2) is 0 Å². The molecule has 0 aliphatic carbocycles. The molecule has 1 aromatic carbocycles. The molecule has 0 saturated carbocycles. The second kappa shape index (κ2) is 7.45. The first-order chi connectivity index (χ1) is 11.8. The van der Waals surface area contributed by atoms with Crippen LogP contribution in [-0.4, -0.2) is 40.3 Å². The van der Waals surface area contributed by atoms with Gasteiger partial charge in [-0.25, -0.2) is 21.6 Å². The zero-order chi connectivity index (χ0) is 18.1. The largest absolute Gasteiger partial charge is 0.250 e. The molecule has 0 bridgehead atoms. The zero-order valence-electron chi connectivity index (χ0n) is 13.1. The molecule has 1 N–H and O–H groups in total. The third-order valence-corrected chi connectivity index (χ3v) is 9.82. The average molecular weight is 465 g/mol. The Morgan fingerprint density at radius 3 is 2.32 bits per heavy atom. The minimum absolute atomic E-state index is 0.229. The van der Waals surface area contributed by atoms with E-state index in [-0.39, 0.29) is 28.2 Å². The van der Waals surface area contributed by atoms with Crippen molar-refractivity contribution in [3.63, 3.8) is 0 Å². The van der Waals surface area contributed by atoms with Crippen LogP contribution in [0.25, 0.3) is 0 Å². The summed E-state index contributed by atoms with van der Waals surface area (Å²) in [5.74, 6) is 0. The SMILES string of the molecule is O=S(=O)(NC1CCN(S(=O)(=O)c2ccccc2Br)CC1)c1cccs1. The molecule has 25 heavy (non-hydrogen) atoms. The quantitative estimate of drug-likeness (QED) is 0.736. The van der Waals surface area contributed by atoms with E-state index in [1.165, 1.54) is 4.31 Å². The van der Waals surface area contributed by atoms with Crippen molar-refractivity contribution in [1.29, 1.82) is 0 Å². The van der Waals surface area contributed by atoms with Gasteiger partial charge in [-0.15, -0.1) is 11.3 Å². The summed E-state index contributed by atoms with van der Waals surface area (Å²) in [4.78, 5) is 0.229. The van der Waals surface area contributed by atoms with Gasteiger partial charge < -0.3 is 0 Å². The Morgan fingerprint density at radius 1 is 1.04 bits per heavy atom. The van der Waals surface area contributed by atoms with E-state index < -0.39 is 20.0 Å². The van der Waals surface area contributed by atoms with Gasteiger partial charge in [-0.05, 0) is 52.4 Å². The van der Waals surface area contributed by atoms with E-state index >= 15 is 0 Å². The highest BCUT2D eigenvalue weighted by Crippen LogP contribution is 2.27. The minimum atomic E-state index is -3.59. The Kier molecular flexibility index (Phi) is 5.66. The molecule has 3 rings (SSSR count). The van der Waals surface area contributed by atoms with Crippen molar-refractivity contribution in [2.24, 2.45) is 0 Å². The van der Waals surface area contributed by atoms with Gasteiger partial charge in [0.05, 0.1) is 4.90 Å². The highest BCUT2D eigenvalue weighted by molar-refractivity contribution is 9.10. The van der Waals surface area contributed by atoms with E-state index in [1.807, 2.05) is 0 Å². The first-order valence-corrected chi connectivity index (χ1v) is 12.2. The van der Waals surface area contributed by atoms with Gasteiger partial charge in [0, 0.05) is 23.6 Å². The molecule has 0 spiro atoms. The molecule has 2 heterocycles. The molecule has 0 amide bonds. The number of hydrogen-bond acceptors (Lipinski definition) is 5. The smallest absolute Gasteiger partial charge is 0.207 e. The number of hydrogen-bond donors (Lipinski definition) is 1. The molecule has 0 radical (unpaired) electrons. The summed E-state index contributed by atoms with van der Waals surface area (Å²) in [6.07, 6.45) is 0.878. The lowest BCUT2D eigenvalue weighted by Gasteiger charge is -2.31. The molecule has 10 heteroatoms. The van der Waals surface area contributed by atoms with Crippen LogP contribution in [0.5, 0.6) is 0 Å². The zero-order valence-corrected chi connectivity index (χ0v) is 17.2. The van der Waals surface area contributed by atoms with E-state index in [0.29, 0.717) is 17.3 Å². The van der Waals surface area contributed by atoms with E-state index in [1.54, 1.807) is 41.8 Å². The predicted molar refractivity (Wildman–Crippen MR) is 101 cm³/mol. The normalized spacial score (nSPS) is 17.6. The molecule has 1 fully saturated rings. The van der Waals surface area contributed by atoms with Crippen molar-refractivity contribution in [2.45, 2.75) is 28.0 Å². The van der Waals surface area contributed by atoms with Crippen molar-refractivity contribution in [1.82, 2.24) is 9.03 Å². The number of benzene rings is 1. The standard InChI is InChI=1S/C15H17BrN2O4S3/c16-13-4-1-2-5-14(13)25(21,22)18-9-7-12(8-10-18)17-24(19,20)15-6-3-11-23-15/h1-6,11-12,17H,7-10H2. The van der Waals surface area contributed by atoms with Crippen LogP contribution in [0.15, 0.2) is 55.4 Å². The molecule has 1 saturated heterocycles. The fourth-order valence-corrected chi connectivity index (χ4v) is 7.45. The van der Waals surface area contributed by atoms with Crippen molar-refractivity contribution in [3.8, 4) is 0 Å². The topological polar surface area (TPSA) is 83.6 Å². The van der Waals surface area contributed by atoms with Crippen LogP contribution in [-0.2, 0) is 20.0 Å². The van der Waals surface area contributed by atoms with Gasteiger partial charge in [-0.3, -0.25) is 0 Å². The van der Waals surface area contributed by atoms with Gasteiger partial charge in [-0.2, -0.15) is 4.31 Å². The predicted octanol–water partition coefficient (Wildman–Crippen LogP) is 2.64. The Bertz CT molecular complexity index is 935. The molecule has 0 atom stereocenters. The molecule has 136 valence electrons. The van der Waals surface area contributed by atoms with Gasteiger partial charge in [0.25, 0.3) is 0 Å². The van der Waals surface area contributed by atoms with Crippen LogP contribution >= 0.6 is 27.3 Å². The summed E-state index contributed by atoms with van der Waals surface area (Å²) in [7, 11) is -7.13. The highest BCUT2D eigenvalue weighted by Gasteiger charge is 2.32. The first kappa shape index (κ1) is 19.0. The van der Waals surface area contributed by atoms with Crippen LogP contribution in [0.2, 0.25) is 0 Å². The van der Waals surface area contributed by atoms with E-state index in [2.05, 4.69) is 20.7 Å². The maximum atomic E-state index is 12.7.